The molecule has 0 aliphatic heterocycles. The number of nitro groups is 1. The second-order valence-electron chi connectivity index (χ2n) is 3.61. The molecular weight excluding hydrogens is 241 g/mol. The lowest BCUT2D eigenvalue weighted by Crippen LogP contribution is -2.21. The monoisotopic (exact) mass is 255 g/mol. The summed E-state index contributed by atoms with van der Waals surface area (Å²) < 4.78 is 13.1. The average Bonchev–Trinajstić information content (AvgIpc) is 2.28. The van der Waals surface area contributed by atoms with Crippen molar-refractivity contribution in [2.75, 3.05) is 18.4 Å². The molecule has 1 aromatic carbocycles. The molecule has 0 aromatic heterocycles. The Morgan fingerprint density at radius 2 is 2.17 bits per heavy atom. The smallest absolute Gasteiger partial charge is 0.274 e. The summed E-state index contributed by atoms with van der Waals surface area (Å²) in [4.78, 5) is 21.2. The summed E-state index contributed by atoms with van der Waals surface area (Å²) in [6.45, 7) is 3.16. The summed E-state index contributed by atoms with van der Waals surface area (Å²) in [6, 6.07) is 2.96. The molecule has 1 aromatic rings. The molecule has 1 amide bonds. The Bertz CT molecular complexity index is 451. The Morgan fingerprint density at radius 1 is 1.44 bits per heavy atom. The SMILES string of the molecule is CCNCCC(=O)Nc1cc(F)cc([N+](=O)[O-])c1. The maximum absolute atomic E-state index is 13.1. The maximum Gasteiger partial charge on any atom is 0.274 e. The minimum Gasteiger partial charge on any atom is -0.326 e. The Labute approximate surface area is 103 Å². The number of nitrogens with one attached hydrogen (secondary N) is 2. The van der Waals surface area contributed by atoms with Crippen LogP contribution in [0.3, 0.4) is 0 Å². The fourth-order valence-electron chi connectivity index (χ4n) is 1.35. The van der Waals surface area contributed by atoms with Gasteiger partial charge in [-0.05, 0) is 12.6 Å². The molecule has 1 rings (SSSR count). The third kappa shape index (κ3) is 4.46. The van der Waals surface area contributed by atoms with Crippen LogP contribution < -0.4 is 10.6 Å². The van der Waals surface area contributed by atoms with Gasteiger partial charge >= 0.3 is 0 Å². The first-order valence-electron chi connectivity index (χ1n) is 5.48. The van der Waals surface area contributed by atoms with E-state index < -0.39 is 16.4 Å². The molecule has 0 radical (unpaired) electrons. The second kappa shape index (κ2) is 6.65. The van der Waals surface area contributed by atoms with E-state index in [2.05, 4.69) is 10.6 Å². The van der Waals surface area contributed by atoms with Gasteiger partial charge in [0.1, 0.15) is 5.82 Å². The van der Waals surface area contributed by atoms with Gasteiger partial charge in [-0.1, -0.05) is 6.92 Å². The van der Waals surface area contributed by atoms with Gasteiger partial charge in [0.05, 0.1) is 16.7 Å². The van der Waals surface area contributed by atoms with E-state index in [0.29, 0.717) is 6.54 Å². The van der Waals surface area contributed by atoms with Crippen molar-refractivity contribution in [1.82, 2.24) is 5.32 Å². The van der Waals surface area contributed by atoms with Crippen molar-refractivity contribution in [1.29, 1.82) is 0 Å². The first kappa shape index (κ1) is 14.0. The number of rotatable bonds is 6. The Balaban J connectivity index is 2.66. The van der Waals surface area contributed by atoms with Crippen molar-refractivity contribution in [3.63, 3.8) is 0 Å². The molecule has 18 heavy (non-hydrogen) atoms. The molecule has 0 unspecified atom stereocenters. The number of hydrogen-bond acceptors (Lipinski definition) is 4. The average molecular weight is 255 g/mol. The van der Waals surface area contributed by atoms with Crippen LogP contribution in [0.25, 0.3) is 0 Å². The standard InChI is InChI=1S/C11H14FN3O3/c1-2-13-4-3-11(16)14-9-5-8(12)6-10(7-9)15(17)18/h5-7,13H,2-4H2,1H3,(H,14,16). The van der Waals surface area contributed by atoms with E-state index in [1.807, 2.05) is 6.92 Å². The maximum atomic E-state index is 13.1. The van der Waals surface area contributed by atoms with Crippen molar-refractivity contribution in [3.05, 3.63) is 34.1 Å². The zero-order valence-corrected chi connectivity index (χ0v) is 9.90. The van der Waals surface area contributed by atoms with E-state index in [0.717, 1.165) is 24.7 Å². The highest BCUT2D eigenvalue weighted by Gasteiger charge is 2.11. The van der Waals surface area contributed by atoms with Crippen LogP contribution >= 0.6 is 0 Å². The van der Waals surface area contributed by atoms with Crippen LogP contribution in [0.5, 0.6) is 0 Å². The first-order chi connectivity index (χ1) is 8.52. The number of nitro benzene ring substituents is 1. The van der Waals surface area contributed by atoms with Crippen LogP contribution in [-0.2, 0) is 4.79 Å². The number of nitrogens with zero attached hydrogens (tertiary/aromatic N) is 1. The molecule has 0 saturated carbocycles. The third-order valence-corrected chi connectivity index (χ3v) is 2.16. The van der Waals surface area contributed by atoms with Crippen LogP contribution in [0.4, 0.5) is 15.8 Å². The molecule has 0 spiro atoms. The quantitative estimate of drug-likeness (QED) is 0.460. The van der Waals surface area contributed by atoms with Crippen molar-refractivity contribution in [3.8, 4) is 0 Å². The molecule has 2 N–H and O–H groups in total. The van der Waals surface area contributed by atoms with E-state index in [4.69, 9.17) is 0 Å². The van der Waals surface area contributed by atoms with Gasteiger partial charge in [-0.15, -0.1) is 0 Å². The molecular formula is C11H14FN3O3. The largest absolute Gasteiger partial charge is 0.326 e. The fraction of sp³-hybridized carbons (Fsp3) is 0.364. The molecule has 0 fully saturated rings. The Morgan fingerprint density at radius 3 is 2.78 bits per heavy atom. The lowest BCUT2D eigenvalue weighted by Gasteiger charge is -2.05. The van der Waals surface area contributed by atoms with E-state index in [-0.39, 0.29) is 18.0 Å². The van der Waals surface area contributed by atoms with Gasteiger partial charge in [0.2, 0.25) is 5.91 Å². The molecule has 6 nitrogen and oxygen atoms in total. The van der Waals surface area contributed by atoms with Gasteiger partial charge in [-0.3, -0.25) is 14.9 Å². The van der Waals surface area contributed by atoms with Gasteiger partial charge in [-0.2, -0.15) is 0 Å². The number of hydrogen-bond donors (Lipinski definition) is 2. The van der Waals surface area contributed by atoms with Gasteiger partial charge in [0.15, 0.2) is 0 Å². The van der Waals surface area contributed by atoms with E-state index in [1.54, 1.807) is 0 Å². The number of non-ortho nitro benzene ring substituents is 1. The van der Waals surface area contributed by atoms with Crippen molar-refractivity contribution in [2.45, 2.75) is 13.3 Å². The van der Waals surface area contributed by atoms with Crippen molar-refractivity contribution >= 4 is 17.3 Å². The number of halogens is 1. The van der Waals surface area contributed by atoms with Crippen LogP contribution in [0.15, 0.2) is 18.2 Å². The van der Waals surface area contributed by atoms with Crippen LogP contribution in [0, 0.1) is 15.9 Å². The molecule has 0 atom stereocenters. The predicted molar refractivity (Wildman–Crippen MR) is 64.8 cm³/mol. The highest BCUT2D eigenvalue weighted by atomic mass is 19.1. The minimum atomic E-state index is -0.758. The highest BCUT2D eigenvalue weighted by Crippen LogP contribution is 2.19. The van der Waals surface area contributed by atoms with Gasteiger partial charge in [-0.25, -0.2) is 4.39 Å². The van der Waals surface area contributed by atoms with Crippen LogP contribution in [-0.4, -0.2) is 23.9 Å². The van der Waals surface area contributed by atoms with Crippen LogP contribution in [0.2, 0.25) is 0 Å². The number of benzene rings is 1. The zero-order valence-electron chi connectivity index (χ0n) is 9.90. The molecule has 98 valence electrons. The van der Waals surface area contributed by atoms with Crippen molar-refractivity contribution < 1.29 is 14.1 Å². The van der Waals surface area contributed by atoms with Gasteiger partial charge in [0.25, 0.3) is 5.69 Å². The van der Waals surface area contributed by atoms with Gasteiger partial charge in [0, 0.05) is 19.0 Å². The molecule has 0 heterocycles. The Kier molecular flexibility index (Phi) is 5.19. The number of carbonyl (C=O) groups excluding carboxylic acids is 1. The molecule has 7 heteroatoms. The first-order valence-corrected chi connectivity index (χ1v) is 5.48. The number of amides is 1. The highest BCUT2D eigenvalue weighted by molar-refractivity contribution is 5.91. The normalized spacial score (nSPS) is 10.1. The lowest BCUT2D eigenvalue weighted by atomic mass is 10.2. The summed E-state index contributed by atoms with van der Waals surface area (Å²) in [5.74, 6) is -1.08. The molecule has 0 bridgehead atoms. The van der Waals surface area contributed by atoms with E-state index in [1.165, 1.54) is 0 Å². The summed E-state index contributed by atoms with van der Waals surface area (Å²) in [5.41, 5.74) is -0.305. The summed E-state index contributed by atoms with van der Waals surface area (Å²) in [5, 5.41) is 15.9. The Hall–Kier alpha value is -2.02. The minimum absolute atomic E-state index is 0.0863. The van der Waals surface area contributed by atoms with E-state index in [9.17, 15) is 19.3 Å². The topological polar surface area (TPSA) is 84.3 Å². The third-order valence-electron chi connectivity index (χ3n) is 2.16. The fourth-order valence-corrected chi connectivity index (χ4v) is 1.35. The van der Waals surface area contributed by atoms with E-state index >= 15 is 0 Å². The molecule has 0 saturated heterocycles. The summed E-state index contributed by atoms with van der Waals surface area (Å²) in [6.07, 6.45) is 0.220. The van der Waals surface area contributed by atoms with Crippen LogP contribution in [0.1, 0.15) is 13.3 Å². The van der Waals surface area contributed by atoms with Gasteiger partial charge < -0.3 is 10.6 Å². The second-order valence-corrected chi connectivity index (χ2v) is 3.61. The summed E-state index contributed by atoms with van der Waals surface area (Å²) in [7, 11) is 0. The number of anilines is 1. The molecule has 0 aliphatic rings. The predicted octanol–water partition coefficient (Wildman–Crippen LogP) is 1.67. The van der Waals surface area contributed by atoms with Crippen molar-refractivity contribution in [2.24, 2.45) is 0 Å². The zero-order chi connectivity index (χ0) is 13.5. The lowest BCUT2D eigenvalue weighted by molar-refractivity contribution is -0.385. The summed E-state index contributed by atoms with van der Waals surface area (Å²) >= 11 is 0. The number of carbonyl (C=O) groups is 1. The molecule has 0 aliphatic carbocycles.